The summed E-state index contributed by atoms with van der Waals surface area (Å²) in [4.78, 5) is 0. The third kappa shape index (κ3) is 1.28. The van der Waals surface area contributed by atoms with Gasteiger partial charge in [0.15, 0.2) is 5.65 Å². The Morgan fingerprint density at radius 3 is 2.93 bits per heavy atom. The lowest BCUT2D eigenvalue weighted by Crippen LogP contribution is -2.12. The van der Waals surface area contributed by atoms with E-state index in [0.717, 1.165) is 17.2 Å². The van der Waals surface area contributed by atoms with Gasteiger partial charge in [-0.1, -0.05) is 6.42 Å². The summed E-state index contributed by atoms with van der Waals surface area (Å²) in [5, 5.41) is 8.41. The number of aromatic nitrogens is 3. The van der Waals surface area contributed by atoms with Crippen molar-refractivity contribution in [3.63, 3.8) is 0 Å². The average molecular weight is 203 g/mol. The molecular weight excluding hydrogens is 190 g/mol. The van der Waals surface area contributed by atoms with E-state index in [-0.39, 0.29) is 0 Å². The van der Waals surface area contributed by atoms with Crippen LogP contribution in [0.2, 0.25) is 0 Å². The molecule has 0 bridgehead atoms. The predicted molar refractivity (Wildman–Crippen MR) is 56.1 cm³/mol. The largest absolute Gasteiger partial charge is 0.497 e. The molecule has 1 aliphatic carbocycles. The topological polar surface area (TPSA) is 39.4 Å². The highest BCUT2D eigenvalue weighted by Gasteiger charge is 2.24. The molecule has 0 atom stereocenters. The van der Waals surface area contributed by atoms with Crippen LogP contribution in [0.25, 0.3) is 5.65 Å². The summed E-state index contributed by atoms with van der Waals surface area (Å²) in [7, 11) is 1.66. The molecule has 0 amide bonds. The van der Waals surface area contributed by atoms with Crippen LogP contribution < -0.4 is 4.74 Å². The van der Waals surface area contributed by atoms with Crippen molar-refractivity contribution in [2.75, 3.05) is 7.11 Å². The second kappa shape index (κ2) is 3.22. The fourth-order valence-corrected chi connectivity index (χ4v) is 1.96. The van der Waals surface area contributed by atoms with Gasteiger partial charge in [-0.3, -0.25) is 4.40 Å². The van der Waals surface area contributed by atoms with Crippen molar-refractivity contribution in [1.29, 1.82) is 0 Å². The SMILES string of the molecule is COc1ccn2c(C3CCC3)nnc2c1. The molecule has 0 unspecified atom stereocenters. The van der Waals surface area contributed by atoms with E-state index in [9.17, 15) is 0 Å². The Kier molecular flexibility index (Phi) is 1.87. The van der Waals surface area contributed by atoms with Crippen molar-refractivity contribution in [1.82, 2.24) is 14.6 Å². The number of nitrogens with zero attached hydrogens (tertiary/aromatic N) is 3. The minimum atomic E-state index is 0.605. The van der Waals surface area contributed by atoms with Gasteiger partial charge in [0, 0.05) is 18.2 Å². The standard InChI is InChI=1S/C11H13N3O/c1-15-9-5-6-14-10(7-9)12-13-11(14)8-3-2-4-8/h5-8H,2-4H2,1H3. The maximum Gasteiger partial charge on any atom is 0.164 e. The molecule has 78 valence electrons. The van der Waals surface area contributed by atoms with E-state index in [1.54, 1.807) is 7.11 Å². The number of fused-ring (bicyclic) bond motifs is 1. The maximum atomic E-state index is 5.15. The zero-order valence-corrected chi connectivity index (χ0v) is 8.68. The highest BCUT2D eigenvalue weighted by molar-refractivity contribution is 5.44. The van der Waals surface area contributed by atoms with Crippen molar-refractivity contribution < 1.29 is 4.74 Å². The van der Waals surface area contributed by atoms with Crippen LogP contribution in [0.5, 0.6) is 5.75 Å². The van der Waals surface area contributed by atoms with Gasteiger partial charge in [0.05, 0.1) is 7.11 Å². The van der Waals surface area contributed by atoms with Gasteiger partial charge in [0.1, 0.15) is 11.6 Å². The number of hydrogen-bond donors (Lipinski definition) is 0. The third-order valence-electron chi connectivity index (χ3n) is 3.11. The summed E-state index contributed by atoms with van der Waals surface area (Å²) in [5.74, 6) is 2.53. The summed E-state index contributed by atoms with van der Waals surface area (Å²) in [5.41, 5.74) is 0.872. The Morgan fingerprint density at radius 1 is 1.40 bits per heavy atom. The van der Waals surface area contributed by atoms with E-state index in [1.807, 2.05) is 18.3 Å². The zero-order valence-electron chi connectivity index (χ0n) is 8.68. The first-order valence-corrected chi connectivity index (χ1v) is 5.27. The van der Waals surface area contributed by atoms with Crippen LogP contribution in [0.3, 0.4) is 0 Å². The van der Waals surface area contributed by atoms with Crippen LogP contribution in [0, 0.1) is 0 Å². The third-order valence-corrected chi connectivity index (χ3v) is 3.11. The van der Waals surface area contributed by atoms with Gasteiger partial charge in [-0.15, -0.1) is 10.2 Å². The fourth-order valence-electron chi connectivity index (χ4n) is 1.96. The molecule has 1 aliphatic rings. The van der Waals surface area contributed by atoms with Gasteiger partial charge >= 0.3 is 0 Å². The number of hydrogen-bond acceptors (Lipinski definition) is 3. The fraction of sp³-hybridized carbons (Fsp3) is 0.455. The molecule has 2 aromatic rings. The molecule has 4 nitrogen and oxygen atoms in total. The number of methoxy groups -OCH3 is 1. The summed E-state index contributed by atoms with van der Waals surface area (Å²) in [6.45, 7) is 0. The van der Waals surface area contributed by atoms with Gasteiger partial charge in [0.25, 0.3) is 0 Å². The van der Waals surface area contributed by atoms with Gasteiger partial charge < -0.3 is 4.74 Å². The maximum absolute atomic E-state index is 5.15. The molecule has 4 heteroatoms. The molecule has 2 heterocycles. The van der Waals surface area contributed by atoms with E-state index >= 15 is 0 Å². The Bertz CT molecular complexity index is 488. The van der Waals surface area contributed by atoms with Crippen molar-refractivity contribution in [3.8, 4) is 5.75 Å². The van der Waals surface area contributed by atoms with Crippen molar-refractivity contribution in [2.24, 2.45) is 0 Å². The van der Waals surface area contributed by atoms with Crippen LogP contribution in [-0.2, 0) is 0 Å². The molecule has 0 radical (unpaired) electrons. The molecule has 1 saturated carbocycles. The second-order valence-corrected chi connectivity index (χ2v) is 3.98. The normalized spacial score (nSPS) is 16.6. The highest BCUT2D eigenvalue weighted by Crippen LogP contribution is 2.35. The molecule has 0 N–H and O–H groups in total. The molecule has 0 spiro atoms. The van der Waals surface area contributed by atoms with Crippen LogP contribution in [0.1, 0.15) is 31.0 Å². The first-order valence-electron chi connectivity index (χ1n) is 5.27. The molecular formula is C11H13N3O. The van der Waals surface area contributed by atoms with E-state index in [2.05, 4.69) is 14.6 Å². The minimum Gasteiger partial charge on any atom is -0.497 e. The van der Waals surface area contributed by atoms with Crippen LogP contribution in [-0.4, -0.2) is 21.7 Å². The number of ether oxygens (including phenoxy) is 1. The molecule has 0 aromatic carbocycles. The molecule has 2 aromatic heterocycles. The van der Waals surface area contributed by atoms with Gasteiger partial charge in [-0.05, 0) is 18.9 Å². The lowest BCUT2D eigenvalue weighted by atomic mass is 9.85. The van der Waals surface area contributed by atoms with Crippen LogP contribution in [0.15, 0.2) is 18.3 Å². The Morgan fingerprint density at radius 2 is 2.27 bits per heavy atom. The monoisotopic (exact) mass is 203 g/mol. The average Bonchev–Trinajstić information content (AvgIpc) is 2.59. The molecule has 0 aliphatic heterocycles. The quantitative estimate of drug-likeness (QED) is 0.749. The zero-order chi connectivity index (χ0) is 10.3. The van der Waals surface area contributed by atoms with E-state index < -0.39 is 0 Å². The summed E-state index contributed by atoms with van der Waals surface area (Å²) < 4.78 is 7.21. The minimum absolute atomic E-state index is 0.605. The van der Waals surface area contributed by atoms with Gasteiger partial charge in [-0.25, -0.2) is 0 Å². The van der Waals surface area contributed by atoms with Crippen LogP contribution in [0.4, 0.5) is 0 Å². The van der Waals surface area contributed by atoms with Crippen molar-refractivity contribution in [2.45, 2.75) is 25.2 Å². The van der Waals surface area contributed by atoms with E-state index in [4.69, 9.17) is 4.74 Å². The Hall–Kier alpha value is -1.58. The first kappa shape index (κ1) is 8.71. The lowest BCUT2D eigenvalue weighted by Gasteiger charge is -2.23. The van der Waals surface area contributed by atoms with Gasteiger partial charge in [0.2, 0.25) is 0 Å². The lowest BCUT2D eigenvalue weighted by molar-refractivity contribution is 0.398. The van der Waals surface area contributed by atoms with Gasteiger partial charge in [-0.2, -0.15) is 0 Å². The van der Waals surface area contributed by atoms with Crippen molar-refractivity contribution in [3.05, 3.63) is 24.2 Å². The molecule has 0 saturated heterocycles. The van der Waals surface area contributed by atoms with Crippen molar-refractivity contribution >= 4 is 5.65 Å². The smallest absolute Gasteiger partial charge is 0.164 e. The second-order valence-electron chi connectivity index (χ2n) is 3.98. The Labute approximate surface area is 87.9 Å². The molecule has 15 heavy (non-hydrogen) atoms. The van der Waals surface area contributed by atoms with E-state index in [1.165, 1.54) is 19.3 Å². The first-order chi connectivity index (χ1) is 7.38. The van der Waals surface area contributed by atoms with Crippen LogP contribution >= 0.6 is 0 Å². The van der Waals surface area contributed by atoms with E-state index in [0.29, 0.717) is 5.92 Å². The number of pyridine rings is 1. The summed E-state index contributed by atoms with van der Waals surface area (Å²) in [6, 6.07) is 3.85. The molecule has 1 fully saturated rings. The summed E-state index contributed by atoms with van der Waals surface area (Å²) in [6.07, 6.45) is 5.79. The number of rotatable bonds is 2. The summed E-state index contributed by atoms with van der Waals surface area (Å²) >= 11 is 0. The molecule has 3 rings (SSSR count). The predicted octanol–water partition coefficient (Wildman–Crippen LogP) is 2.01. The Balaban J connectivity index is 2.09. The highest BCUT2D eigenvalue weighted by atomic mass is 16.5.